The van der Waals surface area contributed by atoms with E-state index in [1.807, 2.05) is 0 Å². The monoisotopic (exact) mass is 562 g/mol. The second-order valence-electron chi connectivity index (χ2n) is 12.7. The van der Waals surface area contributed by atoms with Crippen LogP contribution in [0.25, 0.3) is 33.4 Å². The SMILES string of the molecule is CC1(C)OB(c2ccc3c(c2)c2c(n3-c3ccccc3)-c3ccccc3N(c3ccccc3)C3=C2C=CCC3)OC1(C)C. The summed E-state index contributed by atoms with van der Waals surface area (Å²) >= 11 is 0. The van der Waals surface area contributed by atoms with E-state index in [0.29, 0.717) is 0 Å². The molecule has 212 valence electrons. The molecule has 4 nitrogen and oxygen atoms in total. The van der Waals surface area contributed by atoms with Crippen molar-refractivity contribution in [3.63, 3.8) is 0 Å². The molecule has 0 bridgehead atoms. The normalized spacial score (nSPS) is 18.4. The minimum absolute atomic E-state index is 0.406. The number of anilines is 2. The maximum absolute atomic E-state index is 6.53. The molecular formula is C38H35BN2O2. The lowest BCUT2D eigenvalue weighted by Crippen LogP contribution is -2.41. The molecule has 5 aromatic rings. The van der Waals surface area contributed by atoms with E-state index in [1.54, 1.807) is 0 Å². The van der Waals surface area contributed by atoms with Crippen LogP contribution < -0.4 is 10.4 Å². The smallest absolute Gasteiger partial charge is 0.399 e. The minimum Gasteiger partial charge on any atom is -0.399 e. The molecule has 1 aliphatic carbocycles. The van der Waals surface area contributed by atoms with E-state index in [1.165, 1.54) is 50.4 Å². The van der Waals surface area contributed by atoms with E-state index in [-0.39, 0.29) is 0 Å². The van der Waals surface area contributed by atoms with E-state index in [2.05, 4.69) is 152 Å². The highest BCUT2D eigenvalue weighted by molar-refractivity contribution is 6.62. The average Bonchev–Trinajstić information content (AvgIpc) is 3.42. The van der Waals surface area contributed by atoms with Gasteiger partial charge in [-0.3, -0.25) is 0 Å². The van der Waals surface area contributed by atoms with Gasteiger partial charge in [0, 0.05) is 39.2 Å². The van der Waals surface area contributed by atoms with Gasteiger partial charge in [0.2, 0.25) is 0 Å². The van der Waals surface area contributed by atoms with E-state index in [9.17, 15) is 0 Å². The van der Waals surface area contributed by atoms with E-state index >= 15 is 0 Å². The van der Waals surface area contributed by atoms with Gasteiger partial charge in [0.05, 0.1) is 28.1 Å². The van der Waals surface area contributed by atoms with Crippen LogP contribution in [0.15, 0.2) is 121 Å². The number of hydrogen-bond acceptors (Lipinski definition) is 3. The molecular weight excluding hydrogens is 527 g/mol. The zero-order valence-corrected chi connectivity index (χ0v) is 25.2. The highest BCUT2D eigenvalue weighted by Gasteiger charge is 2.51. The standard InChI is InChI=1S/C38H35BN2O2/c1-37(2)38(3,4)43-39(42-37)26-23-24-34-31(25-26)35-29-19-11-13-21-32(29)40(27-15-7-5-8-16-27)33-22-14-12-20-30(33)36(35)41(34)28-17-9-6-10-18-28/h5-12,14-20,22-25H,13,21H2,1-4H3. The summed E-state index contributed by atoms with van der Waals surface area (Å²) in [7, 11) is -0.431. The van der Waals surface area contributed by atoms with Gasteiger partial charge in [0.1, 0.15) is 0 Å². The van der Waals surface area contributed by atoms with Gasteiger partial charge in [0.15, 0.2) is 0 Å². The Bertz CT molecular complexity index is 1920. The Balaban J connectivity index is 1.48. The summed E-state index contributed by atoms with van der Waals surface area (Å²) < 4.78 is 15.5. The highest BCUT2D eigenvalue weighted by Crippen LogP contribution is 2.51. The second-order valence-corrected chi connectivity index (χ2v) is 12.7. The first-order valence-corrected chi connectivity index (χ1v) is 15.3. The fourth-order valence-electron chi connectivity index (χ4n) is 6.81. The molecule has 1 aromatic heterocycles. The molecule has 5 heteroatoms. The van der Waals surface area contributed by atoms with Crippen molar-refractivity contribution in [2.24, 2.45) is 0 Å². The Morgan fingerprint density at radius 2 is 1.37 bits per heavy atom. The number of aromatic nitrogens is 1. The van der Waals surface area contributed by atoms with Crippen LogP contribution in [0.4, 0.5) is 11.4 Å². The zero-order chi connectivity index (χ0) is 29.3. The third-order valence-electron chi connectivity index (χ3n) is 9.63. The molecule has 0 atom stereocenters. The van der Waals surface area contributed by atoms with Crippen molar-refractivity contribution in [3.05, 3.63) is 127 Å². The van der Waals surface area contributed by atoms with Crippen molar-refractivity contribution in [1.82, 2.24) is 4.57 Å². The maximum atomic E-state index is 6.53. The molecule has 0 N–H and O–H groups in total. The summed E-state index contributed by atoms with van der Waals surface area (Å²) in [6, 6.07) is 37.1. The van der Waals surface area contributed by atoms with Crippen molar-refractivity contribution in [3.8, 4) is 16.9 Å². The first kappa shape index (κ1) is 26.3. The molecule has 0 saturated carbocycles. The van der Waals surface area contributed by atoms with Crippen LogP contribution in [-0.4, -0.2) is 22.9 Å². The molecule has 0 amide bonds. The molecule has 1 fully saturated rings. The molecule has 8 rings (SSSR count). The van der Waals surface area contributed by atoms with Gasteiger partial charge in [0.25, 0.3) is 0 Å². The fourth-order valence-corrected chi connectivity index (χ4v) is 6.81. The van der Waals surface area contributed by atoms with Crippen LogP contribution in [0.5, 0.6) is 0 Å². The lowest BCUT2D eigenvalue weighted by Gasteiger charge is -2.32. The van der Waals surface area contributed by atoms with Gasteiger partial charge in [-0.15, -0.1) is 0 Å². The topological polar surface area (TPSA) is 26.6 Å². The zero-order valence-electron chi connectivity index (χ0n) is 25.2. The van der Waals surface area contributed by atoms with Gasteiger partial charge < -0.3 is 18.8 Å². The van der Waals surface area contributed by atoms with Gasteiger partial charge in [-0.05, 0) is 82.4 Å². The van der Waals surface area contributed by atoms with Crippen molar-refractivity contribution < 1.29 is 9.31 Å². The third-order valence-corrected chi connectivity index (χ3v) is 9.63. The molecule has 0 spiro atoms. The predicted molar refractivity (Wildman–Crippen MR) is 178 cm³/mol. The van der Waals surface area contributed by atoms with Crippen LogP contribution in [0.3, 0.4) is 0 Å². The predicted octanol–water partition coefficient (Wildman–Crippen LogP) is 8.81. The summed E-state index contributed by atoms with van der Waals surface area (Å²) in [5.74, 6) is 0. The quantitative estimate of drug-likeness (QED) is 0.206. The molecule has 0 unspecified atom stereocenters. The Morgan fingerprint density at radius 1 is 0.721 bits per heavy atom. The number of rotatable bonds is 3. The van der Waals surface area contributed by atoms with E-state index in [0.717, 1.165) is 24.0 Å². The van der Waals surface area contributed by atoms with Crippen LogP contribution in [0.1, 0.15) is 46.1 Å². The number of fused-ring (bicyclic) bond motifs is 6. The average molecular weight is 563 g/mol. The van der Waals surface area contributed by atoms with Gasteiger partial charge >= 0.3 is 7.12 Å². The lowest BCUT2D eigenvalue weighted by atomic mass is 9.78. The van der Waals surface area contributed by atoms with Crippen molar-refractivity contribution in [2.75, 3.05) is 4.90 Å². The van der Waals surface area contributed by atoms with Crippen molar-refractivity contribution >= 4 is 40.4 Å². The first-order chi connectivity index (χ1) is 20.8. The molecule has 4 aromatic carbocycles. The summed E-state index contributed by atoms with van der Waals surface area (Å²) in [6.07, 6.45) is 6.64. The molecule has 2 aliphatic heterocycles. The highest BCUT2D eigenvalue weighted by atomic mass is 16.7. The number of nitrogens with zero attached hydrogens (tertiary/aromatic N) is 2. The van der Waals surface area contributed by atoms with E-state index < -0.39 is 18.3 Å². The number of allylic oxidation sites excluding steroid dienone is 4. The molecule has 0 radical (unpaired) electrons. The molecule has 43 heavy (non-hydrogen) atoms. The first-order valence-electron chi connectivity index (χ1n) is 15.3. The third kappa shape index (κ3) is 3.99. The van der Waals surface area contributed by atoms with Crippen LogP contribution in [0, 0.1) is 0 Å². The fraction of sp³-hybridized carbons (Fsp3) is 0.211. The van der Waals surface area contributed by atoms with Crippen LogP contribution in [0.2, 0.25) is 0 Å². The van der Waals surface area contributed by atoms with Crippen molar-refractivity contribution in [1.29, 1.82) is 0 Å². The Morgan fingerprint density at radius 3 is 2.09 bits per heavy atom. The van der Waals surface area contributed by atoms with Crippen LogP contribution >= 0.6 is 0 Å². The van der Waals surface area contributed by atoms with Crippen LogP contribution in [-0.2, 0) is 9.31 Å². The number of benzene rings is 4. The summed E-state index contributed by atoms with van der Waals surface area (Å²) in [5, 5.41) is 1.20. The maximum Gasteiger partial charge on any atom is 0.494 e. The molecule has 3 aliphatic rings. The second kappa shape index (κ2) is 9.60. The number of para-hydroxylation sites is 3. The molecule has 1 saturated heterocycles. The Kier molecular flexibility index (Phi) is 5.88. The lowest BCUT2D eigenvalue weighted by molar-refractivity contribution is 0.00578. The summed E-state index contributed by atoms with van der Waals surface area (Å²) in [4.78, 5) is 2.48. The van der Waals surface area contributed by atoms with Gasteiger partial charge in [-0.2, -0.15) is 0 Å². The van der Waals surface area contributed by atoms with Gasteiger partial charge in [-0.1, -0.05) is 78.9 Å². The summed E-state index contributed by atoms with van der Waals surface area (Å²) in [6.45, 7) is 8.45. The largest absolute Gasteiger partial charge is 0.494 e. The summed E-state index contributed by atoms with van der Waals surface area (Å²) in [5.41, 5.74) is 11.2. The number of hydrogen-bond donors (Lipinski definition) is 0. The van der Waals surface area contributed by atoms with Crippen molar-refractivity contribution in [2.45, 2.75) is 51.7 Å². The van der Waals surface area contributed by atoms with E-state index in [4.69, 9.17) is 9.31 Å². The molecule has 3 heterocycles. The van der Waals surface area contributed by atoms with Gasteiger partial charge in [-0.25, -0.2) is 0 Å². The minimum atomic E-state index is -0.431. The Hall–Kier alpha value is -4.32. The Labute approximate surface area is 254 Å².